The van der Waals surface area contributed by atoms with Gasteiger partial charge in [0.25, 0.3) is 0 Å². The van der Waals surface area contributed by atoms with Gasteiger partial charge in [-0.1, -0.05) is 13.0 Å². The van der Waals surface area contributed by atoms with Gasteiger partial charge in [-0.3, -0.25) is 4.79 Å². The van der Waals surface area contributed by atoms with E-state index in [2.05, 4.69) is 18.8 Å². The maximum Gasteiger partial charge on any atom is 0.243 e. The maximum absolute atomic E-state index is 10.8. The van der Waals surface area contributed by atoms with Crippen molar-refractivity contribution in [3.05, 3.63) is 12.7 Å². The molecule has 0 spiro atoms. The van der Waals surface area contributed by atoms with Crippen molar-refractivity contribution in [3.8, 4) is 0 Å². The third-order valence-electron chi connectivity index (χ3n) is 2.41. The van der Waals surface area contributed by atoms with E-state index >= 15 is 0 Å². The van der Waals surface area contributed by atoms with Crippen LogP contribution in [0.1, 0.15) is 26.2 Å². The van der Waals surface area contributed by atoms with Crippen molar-refractivity contribution in [3.63, 3.8) is 0 Å². The average Bonchev–Trinajstić information content (AvgIpc) is 1.83. The largest absolute Gasteiger partial charge is 0.350 e. The molecule has 0 heterocycles. The predicted molar refractivity (Wildman–Crippen MR) is 45.1 cm³/mol. The van der Waals surface area contributed by atoms with Crippen LogP contribution in [0, 0.1) is 5.92 Å². The molecule has 1 atom stereocenters. The molecule has 1 saturated carbocycles. The van der Waals surface area contributed by atoms with E-state index in [1.54, 1.807) is 0 Å². The summed E-state index contributed by atoms with van der Waals surface area (Å²) in [5.41, 5.74) is 0. The average molecular weight is 153 g/mol. The predicted octanol–water partition coefficient (Wildman–Crippen LogP) is 1.48. The highest BCUT2D eigenvalue weighted by Crippen LogP contribution is 2.29. The van der Waals surface area contributed by atoms with Crippen molar-refractivity contribution in [1.82, 2.24) is 5.32 Å². The normalized spacial score (nSPS) is 20.1. The maximum atomic E-state index is 10.8. The van der Waals surface area contributed by atoms with Crippen molar-refractivity contribution in [1.29, 1.82) is 0 Å². The number of nitrogens with one attached hydrogen (secondary N) is 1. The molecule has 1 rings (SSSR count). The molecule has 0 saturated heterocycles. The number of carbonyl (C=O) groups is 1. The first-order chi connectivity index (χ1) is 5.24. The standard InChI is InChI=1S/C9H15NO/c1-3-9(11)10-7(2)8-5-4-6-8/h3,7-8H,1,4-6H2,2H3,(H,10,11)/t7-/m1/s1. The second kappa shape index (κ2) is 3.56. The van der Waals surface area contributed by atoms with Gasteiger partial charge in [0.2, 0.25) is 5.91 Å². The molecule has 0 aromatic rings. The molecule has 62 valence electrons. The van der Waals surface area contributed by atoms with E-state index in [0.29, 0.717) is 12.0 Å². The summed E-state index contributed by atoms with van der Waals surface area (Å²) in [6.07, 6.45) is 5.17. The van der Waals surface area contributed by atoms with Gasteiger partial charge in [-0.15, -0.1) is 0 Å². The van der Waals surface area contributed by atoms with Crippen LogP contribution in [0.25, 0.3) is 0 Å². The minimum atomic E-state index is -0.0515. The number of amides is 1. The van der Waals surface area contributed by atoms with Crippen molar-refractivity contribution >= 4 is 5.91 Å². The zero-order valence-corrected chi connectivity index (χ0v) is 6.97. The van der Waals surface area contributed by atoms with Crippen LogP contribution in [0.15, 0.2) is 12.7 Å². The van der Waals surface area contributed by atoms with Crippen LogP contribution < -0.4 is 5.32 Å². The molecule has 0 aromatic carbocycles. The summed E-state index contributed by atoms with van der Waals surface area (Å²) < 4.78 is 0. The van der Waals surface area contributed by atoms with E-state index in [1.165, 1.54) is 25.3 Å². The summed E-state index contributed by atoms with van der Waals surface area (Å²) >= 11 is 0. The fourth-order valence-electron chi connectivity index (χ4n) is 1.34. The lowest BCUT2D eigenvalue weighted by Crippen LogP contribution is -2.39. The molecule has 0 bridgehead atoms. The molecule has 1 aliphatic rings. The second-order valence-corrected chi connectivity index (χ2v) is 3.19. The van der Waals surface area contributed by atoms with Crippen molar-refractivity contribution in [2.24, 2.45) is 5.92 Å². The molecule has 2 nitrogen and oxygen atoms in total. The number of rotatable bonds is 3. The van der Waals surface area contributed by atoms with E-state index in [4.69, 9.17) is 0 Å². The summed E-state index contributed by atoms with van der Waals surface area (Å²) in [4.78, 5) is 10.8. The van der Waals surface area contributed by atoms with E-state index < -0.39 is 0 Å². The van der Waals surface area contributed by atoms with Crippen molar-refractivity contribution in [2.45, 2.75) is 32.2 Å². The number of hydrogen-bond acceptors (Lipinski definition) is 1. The first kappa shape index (κ1) is 8.31. The van der Waals surface area contributed by atoms with Crippen LogP contribution in [0.3, 0.4) is 0 Å². The van der Waals surface area contributed by atoms with Gasteiger partial charge in [-0.05, 0) is 31.8 Å². The summed E-state index contributed by atoms with van der Waals surface area (Å²) in [7, 11) is 0. The quantitative estimate of drug-likeness (QED) is 0.611. The summed E-state index contributed by atoms with van der Waals surface area (Å²) in [6, 6.07) is 0.328. The third kappa shape index (κ3) is 2.07. The molecule has 1 amide bonds. The Balaban J connectivity index is 2.24. The first-order valence-electron chi connectivity index (χ1n) is 4.17. The van der Waals surface area contributed by atoms with Gasteiger partial charge in [-0.25, -0.2) is 0 Å². The van der Waals surface area contributed by atoms with Gasteiger partial charge in [0.15, 0.2) is 0 Å². The van der Waals surface area contributed by atoms with E-state index in [1.807, 2.05) is 0 Å². The number of hydrogen-bond donors (Lipinski definition) is 1. The Kier molecular flexibility index (Phi) is 2.69. The molecule has 0 aromatic heterocycles. The van der Waals surface area contributed by atoms with E-state index in [-0.39, 0.29) is 5.91 Å². The Morgan fingerprint density at radius 1 is 1.73 bits per heavy atom. The van der Waals surface area contributed by atoms with Crippen LogP contribution in [0.5, 0.6) is 0 Å². The topological polar surface area (TPSA) is 29.1 Å². The van der Waals surface area contributed by atoms with Crippen LogP contribution in [0.4, 0.5) is 0 Å². The zero-order chi connectivity index (χ0) is 8.27. The molecule has 1 fully saturated rings. The molecular formula is C9H15NO. The van der Waals surface area contributed by atoms with Gasteiger partial charge in [0.05, 0.1) is 0 Å². The van der Waals surface area contributed by atoms with Crippen LogP contribution in [-0.4, -0.2) is 11.9 Å². The van der Waals surface area contributed by atoms with Crippen LogP contribution in [0.2, 0.25) is 0 Å². The summed E-state index contributed by atoms with van der Waals surface area (Å²) in [6.45, 7) is 5.47. The van der Waals surface area contributed by atoms with Crippen LogP contribution in [-0.2, 0) is 4.79 Å². The Morgan fingerprint density at radius 3 is 2.73 bits per heavy atom. The lowest BCUT2D eigenvalue weighted by atomic mass is 9.80. The monoisotopic (exact) mass is 153 g/mol. The first-order valence-corrected chi connectivity index (χ1v) is 4.17. The Labute approximate surface area is 67.7 Å². The van der Waals surface area contributed by atoms with Crippen LogP contribution >= 0.6 is 0 Å². The molecule has 2 heteroatoms. The Morgan fingerprint density at radius 2 is 2.36 bits per heavy atom. The molecule has 0 radical (unpaired) electrons. The molecule has 0 aliphatic heterocycles. The lowest BCUT2D eigenvalue weighted by Gasteiger charge is -2.31. The molecule has 1 N–H and O–H groups in total. The van der Waals surface area contributed by atoms with E-state index in [9.17, 15) is 4.79 Å². The zero-order valence-electron chi connectivity index (χ0n) is 6.97. The second-order valence-electron chi connectivity index (χ2n) is 3.19. The van der Waals surface area contributed by atoms with Crippen molar-refractivity contribution < 1.29 is 4.79 Å². The molecule has 11 heavy (non-hydrogen) atoms. The highest BCUT2D eigenvalue weighted by molar-refractivity contribution is 5.87. The fraction of sp³-hybridized carbons (Fsp3) is 0.667. The highest BCUT2D eigenvalue weighted by Gasteiger charge is 2.24. The fourth-order valence-corrected chi connectivity index (χ4v) is 1.34. The van der Waals surface area contributed by atoms with Crippen molar-refractivity contribution in [2.75, 3.05) is 0 Å². The van der Waals surface area contributed by atoms with Gasteiger partial charge in [-0.2, -0.15) is 0 Å². The smallest absolute Gasteiger partial charge is 0.243 e. The SMILES string of the molecule is C=CC(=O)N[C@H](C)C1CCC1. The van der Waals surface area contributed by atoms with Gasteiger partial charge < -0.3 is 5.32 Å². The number of carbonyl (C=O) groups excluding carboxylic acids is 1. The Bertz CT molecular complexity index is 161. The highest BCUT2D eigenvalue weighted by atomic mass is 16.1. The molecular weight excluding hydrogens is 138 g/mol. The third-order valence-corrected chi connectivity index (χ3v) is 2.41. The molecule has 1 aliphatic carbocycles. The Hall–Kier alpha value is -0.790. The van der Waals surface area contributed by atoms with E-state index in [0.717, 1.165) is 0 Å². The minimum Gasteiger partial charge on any atom is -0.350 e. The van der Waals surface area contributed by atoms with Gasteiger partial charge in [0, 0.05) is 6.04 Å². The summed E-state index contributed by atoms with van der Waals surface area (Å²) in [5, 5.41) is 2.87. The minimum absolute atomic E-state index is 0.0515. The summed E-state index contributed by atoms with van der Waals surface area (Å²) in [5.74, 6) is 0.656. The lowest BCUT2D eigenvalue weighted by molar-refractivity contribution is -0.117. The van der Waals surface area contributed by atoms with Gasteiger partial charge >= 0.3 is 0 Å². The van der Waals surface area contributed by atoms with Gasteiger partial charge in [0.1, 0.15) is 0 Å². The molecule has 0 unspecified atom stereocenters.